The van der Waals surface area contributed by atoms with E-state index in [1.807, 2.05) is 128 Å². The van der Waals surface area contributed by atoms with Crippen molar-refractivity contribution < 1.29 is 83.0 Å². The second kappa shape index (κ2) is 39.0. The zero-order valence-electron chi connectivity index (χ0n) is 63.2. The number of carbonyl (C=O) groups excluding carboxylic acids is 1. The summed E-state index contributed by atoms with van der Waals surface area (Å²) in [7, 11) is -8.42. The molecule has 104 heavy (non-hydrogen) atoms. The Balaban J connectivity index is 0.000000382. The van der Waals surface area contributed by atoms with E-state index in [4.69, 9.17) is 18.0 Å². The minimum atomic E-state index is -5.14. The first-order chi connectivity index (χ1) is 47.8. The molecule has 19 heteroatoms. The third kappa shape index (κ3) is 21.5. The van der Waals surface area contributed by atoms with Crippen LogP contribution in [0.1, 0.15) is 121 Å². The average molecular weight is 1490 g/mol. The molecule has 9 rings (SSSR count). The van der Waals surface area contributed by atoms with Crippen LogP contribution in [0.3, 0.4) is 0 Å². The maximum Gasteiger partial charge on any atom is 1.00 e. The van der Waals surface area contributed by atoms with Crippen molar-refractivity contribution in [3.8, 4) is 17.2 Å². The third-order valence-electron chi connectivity index (χ3n) is 17.0. The van der Waals surface area contributed by atoms with Gasteiger partial charge in [0.15, 0.2) is 5.78 Å². The number of halogens is 7. The molecule has 2 unspecified atom stereocenters. The van der Waals surface area contributed by atoms with Crippen LogP contribution in [0.2, 0.25) is 15.1 Å². The van der Waals surface area contributed by atoms with Gasteiger partial charge >= 0.3 is 56.2 Å². The predicted molar refractivity (Wildman–Crippen MR) is 419 cm³/mol. The molecule has 8 nitrogen and oxygen atoms in total. The number of alkyl halides is 6. The van der Waals surface area contributed by atoms with Gasteiger partial charge in [-0.15, -0.1) is 12.4 Å². The van der Waals surface area contributed by atoms with Gasteiger partial charge in [0.25, 0.3) is 0 Å². The van der Waals surface area contributed by atoms with Gasteiger partial charge in [-0.1, -0.05) is 299 Å². The molecule has 0 aromatic heterocycles. The van der Waals surface area contributed by atoms with E-state index in [0.29, 0.717) is 11.5 Å². The van der Waals surface area contributed by atoms with Crippen LogP contribution in [-0.4, -0.2) is 66.5 Å². The van der Waals surface area contributed by atoms with Crippen molar-refractivity contribution in [2.75, 3.05) is 13.2 Å². The molecule has 0 aliphatic carbocycles. The first-order valence-electron chi connectivity index (χ1n) is 33.9. The summed E-state index contributed by atoms with van der Waals surface area (Å²) in [6, 6.07) is 79.7. The van der Waals surface area contributed by atoms with E-state index in [2.05, 4.69) is 193 Å². The number of aliphatic hydroxyl groups is 2. The summed E-state index contributed by atoms with van der Waals surface area (Å²) in [6.07, 6.45) is -8.72. The fraction of sp³-hybridized carbons (Fsp3) is 0.294. The van der Waals surface area contributed by atoms with E-state index in [-0.39, 0.29) is 53.0 Å². The zero-order chi connectivity index (χ0) is 76.0. The number of ketones is 1. The number of hydrogen-bond acceptors (Lipinski definition) is 8. The summed E-state index contributed by atoms with van der Waals surface area (Å²) < 4.78 is 112. The van der Waals surface area contributed by atoms with Gasteiger partial charge in [-0.05, 0) is 110 Å². The molecule has 0 saturated carbocycles. The van der Waals surface area contributed by atoms with Crippen LogP contribution in [0.4, 0.5) is 26.3 Å². The number of ether oxygens (including phenoxy) is 2. The van der Waals surface area contributed by atoms with Crippen LogP contribution in [0.5, 0.6) is 17.2 Å². The molecule has 0 spiro atoms. The Morgan fingerprint density at radius 3 is 0.817 bits per heavy atom. The van der Waals surface area contributed by atoms with Gasteiger partial charge < -0.3 is 38.9 Å². The van der Waals surface area contributed by atoms with Gasteiger partial charge in [-0.2, -0.15) is 47.1 Å². The minimum Gasteiger partial charge on any atom is -0.534 e. The monoisotopic (exact) mass is 1490 g/mol. The van der Waals surface area contributed by atoms with Crippen molar-refractivity contribution in [1.82, 2.24) is 0 Å². The number of Topliss-reactive ketones (excluding diaryl/α,β-unsaturated/α-hetero) is 1. The van der Waals surface area contributed by atoms with Crippen LogP contribution >= 0.6 is 12.4 Å². The number of hydrogen-bond donors (Lipinski definition) is 2. The molecule has 0 aliphatic rings. The minimum absolute atomic E-state index is 0. The Labute approximate surface area is 635 Å². The molecular formula is C85H102ClF6LiO8Si3. The topological polar surface area (TPSA) is 104 Å². The number of carbonyl (C=O) groups is 1. The molecule has 2 N–H and O–H groups in total. The number of benzene rings is 9. The molecule has 0 fully saturated rings. The van der Waals surface area contributed by atoms with E-state index < -0.39 is 71.2 Å². The van der Waals surface area contributed by atoms with Gasteiger partial charge in [0.1, 0.15) is 23.0 Å². The second-order valence-corrected chi connectivity index (χ2v) is 40.8. The van der Waals surface area contributed by atoms with Gasteiger partial charge in [0, 0.05) is 11.1 Å². The van der Waals surface area contributed by atoms with Crippen molar-refractivity contribution in [2.24, 2.45) is 0 Å². The number of aryl methyl sites for hydroxylation is 1. The van der Waals surface area contributed by atoms with Crippen molar-refractivity contribution >= 4 is 74.3 Å². The van der Waals surface area contributed by atoms with Crippen LogP contribution in [0, 0.1) is 12.8 Å². The summed E-state index contributed by atoms with van der Waals surface area (Å²) in [5.41, 5.74) is -6.59. The fourth-order valence-electron chi connectivity index (χ4n) is 12.1. The summed E-state index contributed by atoms with van der Waals surface area (Å²) in [4.78, 5) is 11.7. The summed E-state index contributed by atoms with van der Waals surface area (Å²) in [6.45, 7) is 39.4. The van der Waals surface area contributed by atoms with Gasteiger partial charge in [-0.25, -0.2) is 0 Å². The van der Waals surface area contributed by atoms with Crippen LogP contribution in [0.25, 0.3) is 0 Å². The van der Waals surface area contributed by atoms with Gasteiger partial charge in [0.2, 0.25) is 11.2 Å². The Morgan fingerprint density at radius 2 is 0.644 bits per heavy atom. The van der Waals surface area contributed by atoms with Gasteiger partial charge in [-0.3, -0.25) is 4.79 Å². The Hall–Kier alpha value is -7.83. The first kappa shape index (κ1) is 90.4. The summed E-state index contributed by atoms with van der Waals surface area (Å²) >= 11 is 0. The van der Waals surface area contributed by atoms with Gasteiger partial charge in [0.05, 0.1) is 19.5 Å². The van der Waals surface area contributed by atoms with Crippen LogP contribution in [-0.2, 0) is 25.5 Å². The predicted octanol–water partition coefficient (Wildman–Crippen LogP) is 16.0. The molecular weight excluding hydrogens is 1390 g/mol. The molecule has 9 aromatic carbocycles. The molecule has 0 bridgehead atoms. The van der Waals surface area contributed by atoms with Crippen molar-refractivity contribution in [2.45, 2.75) is 149 Å². The fourth-order valence-corrected chi connectivity index (χ4v) is 25.3. The third-order valence-corrected chi connectivity index (χ3v) is 31.8. The molecule has 0 heterocycles. The van der Waals surface area contributed by atoms with E-state index >= 15 is 0 Å². The molecule has 0 aliphatic heterocycles. The van der Waals surface area contributed by atoms with Crippen molar-refractivity contribution in [3.05, 3.63) is 303 Å². The molecule has 0 amide bonds. The standard InChI is InChI=1S/C28H31F3O3Si.C26H27F3O3Si.C23H26OSi.C4H8O.C4H9.ClH.Li/c1-6-33-21(2)27(32,28(29,30)31)22-17-19-23(20-18-22)34-35(26(3,4)5,24-13-9-7-10-14-24)25-15-11-8-12-16-25;1-19(30)25(31,26(27,28)29)20-15-17-21(18-16-20)32-33(24(2,3)4,22-11-7-5-8-12-22)23-13-9-6-10-14-23;1-19-15-17-20(18-16-19)24-25(23(2,3)4,21-11-7-5-8-12-21)22-13-9-6-10-14-22;1-3-5-4-2;1-4(2)3;;/h7-20,32H,2,6H2,1,3-5H3;5-18,31H,1-4H3;5-18H,1-4H3;3H,1,4H2,2H3;1-3H3;1H;/q;;;;-1;;+1. The Morgan fingerprint density at radius 1 is 0.423 bits per heavy atom. The Bertz CT molecular complexity index is 3870. The van der Waals surface area contributed by atoms with E-state index in [0.717, 1.165) is 52.2 Å². The quantitative estimate of drug-likeness (QED) is 0.0337. The molecule has 2 atom stereocenters. The maximum absolute atomic E-state index is 13.9. The smallest absolute Gasteiger partial charge is 0.534 e. The normalized spacial score (nSPS) is 12.9. The largest absolute Gasteiger partial charge is 1.00 e. The summed E-state index contributed by atoms with van der Waals surface area (Å²) in [5.74, 6) is 0.972. The molecule has 0 saturated heterocycles. The molecule has 9 aromatic rings. The van der Waals surface area contributed by atoms with E-state index in [1.54, 1.807) is 0 Å². The van der Waals surface area contributed by atoms with E-state index in [1.165, 1.54) is 71.4 Å². The molecule has 0 radical (unpaired) electrons. The number of rotatable bonds is 20. The average Bonchev–Trinajstić information content (AvgIpc) is 0.752. The second-order valence-electron chi connectivity index (χ2n) is 28.1. The van der Waals surface area contributed by atoms with Crippen molar-refractivity contribution in [3.63, 3.8) is 0 Å². The van der Waals surface area contributed by atoms with Crippen LogP contribution < -0.4 is 63.3 Å². The Kier molecular flexibility index (Phi) is 33.9. The molecule has 552 valence electrons. The van der Waals surface area contributed by atoms with E-state index in [9.17, 15) is 41.4 Å². The zero-order valence-corrected chi connectivity index (χ0v) is 67.0. The van der Waals surface area contributed by atoms with Crippen LogP contribution in [0.15, 0.2) is 280 Å². The SMILES string of the molecule is C=C(OCC)C(O)(c1ccc(O[Si](c2ccccc2)(c2ccccc2)C(C)(C)C)cc1)C(F)(F)F.C=COCC.CC(=O)C(O)(c1ccc(O[Si](c2ccccc2)(c2ccccc2)C(C)(C)C)cc1)C(F)(F)F.C[C-](C)C.Cc1ccc(O[Si](c2ccccc2)(c2ccccc2)C(C)(C)C)cc1.Cl.[Li+]. The maximum atomic E-state index is 13.9. The van der Waals surface area contributed by atoms with Crippen molar-refractivity contribution in [1.29, 1.82) is 0 Å². The summed E-state index contributed by atoms with van der Waals surface area (Å²) in [5, 5.41) is 26.9. The first-order valence-corrected chi connectivity index (χ1v) is 39.6.